The number of nitrogens with one attached hydrogen (secondary N) is 1. The van der Waals surface area contributed by atoms with E-state index in [0.29, 0.717) is 12.8 Å². The molecule has 0 bridgehead atoms. The maximum atomic E-state index is 12.3. The van der Waals surface area contributed by atoms with E-state index in [1.54, 1.807) is 0 Å². The van der Waals surface area contributed by atoms with Gasteiger partial charge in [0, 0.05) is 12.6 Å². The average Bonchev–Trinajstić information content (AvgIpc) is 2.72. The summed E-state index contributed by atoms with van der Waals surface area (Å²) in [6, 6.07) is -0.130. The molecule has 0 aromatic carbocycles. The monoisotopic (exact) mass is 270 g/mol. The first-order valence-corrected chi connectivity index (χ1v) is 7.09. The average molecular weight is 270 g/mol. The largest absolute Gasteiger partial charge is 0.481 e. The zero-order valence-corrected chi connectivity index (χ0v) is 12.2. The molecule has 5 heteroatoms. The van der Waals surface area contributed by atoms with Gasteiger partial charge in [0.25, 0.3) is 0 Å². The van der Waals surface area contributed by atoms with Crippen molar-refractivity contribution in [2.24, 2.45) is 16.6 Å². The Labute approximate surface area is 114 Å². The Morgan fingerprint density at radius 3 is 2.37 bits per heavy atom. The van der Waals surface area contributed by atoms with Crippen molar-refractivity contribution >= 4 is 11.9 Å². The van der Waals surface area contributed by atoms with Crippen molar-refractivity contribution in [2.75, 3.05) is 6.54 Å². The zero-order valence-electron chi connectivity index (χ0n) is 12.2. The van der Waals surface area contributed by atoms with E-state index >= 15 is 0 Å². The number of hydrogen-bond donors (Lipinski definition) is 3. The Bertz CT molecular complexity index is 353. The quantitative estimate of drug-likeness (QED) is 0.682. The normalized spacial score (nSPS) is 27.3. The first-order valence-electron chi connectivity index (χ1n) is 7.09. The fourth-order valence-corrected chi connectivity index (χ4v) is 2.80. The molecule has 2 unspecified atom stereocenters. The van der Waals surface area contributed by atoms with Gasteiger partial charge in [-0.1, -0.05) is 20.3 Å². The topological polar surface area (TPSA) is 92.4 Å². The Morgan fingerprint density at radius 2 is 2.00 bits per heavy atom. The van der Waals surface area contributed by atoms with E-state index in [0.717, 1.165) is 19.3 Å². The highest BCUT2D eigenvalue weighted by Gasteiger charge is 2.44. The van der Waals surface area contributed by atoms with Gasteiger partial charge in [-0.2, -0.15) is 0 Å². The lowest BCUT2D eigenvalue weighted by molar-refractivity contribution is -0.149. The van der Waals surface area contributed by atoms with Gasteiger partial charge in [-0.25, -0.2) is 0 Å². The Morgan fingerprint density at radius 1 is 1.42 bits per heavy atom. The van der Waals surface area contributed by atoms with Gasteiger partial charge in [-0.05, 0) is 32.6 Å². The number of carboxylic acids is 1. The van der Waals surface area contributed by atoms with Crippen LogP contribution in [0.4, 0.5) is 0 Å². The summed E-state index contributed by atoms with van der Waals surface area (Å²) >= 11 is 0. The van der Waals surface area contributed by atoms with Crippen LogP contribution in [0.3, 0.4) is 0 Å². The number of aliphatic carboxylic acids is 1. The lowest BCUT2D eigenvalue weighted by Crippen LogP contribution is -2.51. The molecule has 19 heavy (non-hydrogen) atoms. The summed E-state index contributed by atoms with van der Waals surface area (Å²) < 4.78 is 0. The second-order valence-electron chi connectivity index (χ2n) is 5.89. The molecule has 2 atom stereocenters. The van der Waals surface area contributed by atoms with Gasteiger partial charge in [-0.3, -0.25) is 9.59 Å². The van der Waals surface area contributed by atoms with Gasteiger partial charge in [0.1, 0.15) is 0 Å². The summed E-state index contributed by atoms with van der Waals surface area (Å²) in [7, 11) is 0. The minimum Gasteiger partial charge on any atom is -0.481 e. The maximum absolute atomic E-state index is 12.3. The molecule has 1 amide bonds. The lowest BCUT2D eigenvalue weighted by Gasteiger charge is -2.31. The molecule has 110 valence electrons. The van der Waals surface area contributed by atoms with Gasteiger partial charge in [0.05, 0.1) is 10.8 Å². The molecule has 4 N–H and O–H groups in total. The van der Waals surface area contributed by atoms with Gasteiger partial charge in [0.15, 0.2) is 0 Å². The van der Waals surface area contributed by atoms with Crippen LogP contribution in [0, 0.1) is 10.8 Å². The molecule has 0 radical (unpaired) electrons. The summed E-state index contributed by atoms with van der Waals surface area (Å²) in [5.74, 6) is -0.955. The third-order valence-electron chi connectivity index (χ3n) is 4.94. The molecule has 5 nitrogen and oxygen atoms in total. The van der Waals surface area contributed by atoms with Gasteiger partial charge in [-0.15, -0.1) is 0 Å². The van der Waals surface area contributed by atoms with Crippen LogP contribution in [0.1, 0.15) is 52.9 Å². The molecule has 0 heterocycles. The molecular weight excluding hydrogens is 244 g/mol. The summed E-state index contributed by atoms with van der Waals surface area (Å²) in [5.41, 5.74) is 4.58. The van der Waals surface area contributed by atoms with Crippen molar-refractivity contribution in [2.45, 2.75) is 58.9 Å². The molecule has 0 spiro atoms. The molecule has 0 saturated heterocycles. The van der Waals surface area contributed by atoms with Crippen molar-refractivity contribution in [3.05, 3.63) is 0 Å². The van der Waals surface area contributed by atoms with Crippen LogP contribution in [-0.2, 0) is 9.59 Å². The first kappa shape index (κ1) is 16.0. The number of nitrogens with two attached hydrogens (primary N) is 1. The molecule has 1 rings (SSSR count). The Kier molecular flexibility index (Phi) is 4.96. The van der Waals surface area contributed by atoms with Crippen LogP contribution in [0.2, 0.25) is 0 Å². The van der Waals surface area contributed by atoms with Crippen LogP contribution in [0.25, 0.3) is 0 Å². The van der Waals surface area contributed by atoms with E-state index in [1.807, 2.05) is 20.8 Å². The predicted molar refractivity (Wildman–Crippen MR) is 73.6 cm³/mol. The van der Waals surface area contributed by atoms with Crippen molar-refractivity contribution in [3.63, 3.8) is 0 Å². The lowest BCUT2D eigenvalue weighted by atomic mass is 9.80. The van der Waals surface area contributed by atoms with Crippen molar-refractivity contribution < 1.29 is 14.7 Å². The fourth-order valence-electron chi connectivity index (χ4n) is 2.80. The molecule has 1 fully saturated rings. The van der Waals surface area contributed by atoms with Crippen LogP contribution in [0.5, 0.6) is 0 Å². The number of amides is 1. The molecular formula is C14H26N2O3. The molecule has 0 aromatic heterocycles. The van der Waals surface area contributed by atoms with E-state index < -0.39 is 16.8 Å². The summed E-state index contributed by atoms with van der Waals surface area (Å²) in [4.78, 5) is 23.7. The summed E-state index contributed by atoms with van der Waals surface area (Å²) in [5, 5.41) is 12.2. The Balaban J connectivity index is 2.70. The van der Waals surface area contributed by atoms with Crippen LogP contribution >= 0.6 is 0 Å². The SMILES string of the molecule is CCC(CC)(CNC(=O)C1(C)CCCC1N)C(=O)O. The molecule has 0 aromatic rings. The van der Waals surface area contributed by atoms with E-state index in [2.05, 4.69) is 5.32 Å². The number of carbonyl (C=O) groups excluding carboxylic acids is 1. The first-order chi connectivity index (χ1) is 8.82. The molecule has 1 aliphatic carbocycles. The fraction of sp³-hybridized carbons (Fsp3) is 0.857. The summed E-state index contributed by atoms with van der Waals surface area (Å²) in [6.45, 7) is 5.73. The number of carbonyl (C=O) groups is 2. The minimum atomic E-state index is -0.866. The number of hydrogen-bond acceptors (Lipinski definition) is 3. The number of rotatable bonds is 6. The highest BCUT2D eigenvalue weighted by molar-refractivity contribution is 5.84. The standard InChI is InChI=1S/C14H26N2O3/c1-4-14(5-2,12(18)19)9-16-11(17)13(3)8-6-7-10(13)15/h10H,4-9,15H2,1-3H3,(H,16,17)(H,18,19). The predicted octanol–water partition coefficient (Wildman–Crippen LogP) is 1.51. The van der Waals surface area contributed by atoms with Crippen LogP contribution in [0.15, 0.2) is 0 Å². The maximum Gasteiger partial charge on any atom is 0.311 e. The molecule has 0 aliphatic heterocycles. The van der Waals surface area contributed by atoms with E-state index in [-0.39, 0.29) is 18.5 Å². The van der Waals surface area contributed by atoms with Crippen molar-refractivity contribution in [1.29, 1.82) is 0 Å². The van der Waals surface area contributed by atoms with Crippen LogP contribution < -0.4 is 11.1 Å². The number of carboxylic acid groups (broad SMARTS) is 1. The second-order valence-corrected chi connectivity index (χ2v) is 5.89. The third-order valence-corrected chi connectivity index (χ3v) is 4.94. The molecule has 1 saturated carbocycles. The van der Waals surface area contributed by atoms with Gasteiger partial charge < -0.3 is 16.2 Å². The van der Waals surface area contributed by atoms with Crippen molar-refractivity contribution in [1.82, 2.24) is 5.32 Å². The summed E-state index contributed by atoms with van der Waals surface area (Å²) in [6.07, 6.45) is 3.59. The van der Waals surface area contributed by atoms with E-state index in [1.165, 1.54) is 0 Å². The zero-order chi connectivity index (χ0) is 14.7. The second kappa shape index (κ2) is 5.90. The highest BCUT2D eigenvalue weighted by Crippen LogP contribution is 2.37. The smallest absolute Gasteiger partial charge is 0.311 e. The Hall–Kier alpha value is -1.10. The molecule has 1 aliphatic rings. The van der Waals surface area contributed by atoms with Gasteiger partial charge in [0.2, 0.25) is 5.91 Å². The van der Waals surface area contributed by atoms with Gasteiger partial charge >= 0.3 is 5.97 Å². The third kappa shape index (κ3) is 2.91. The minimum absolute atomic E-state index is 0.106. The van der Waals surface area contributed by atoms with E-state index in [4.69, 9.17) is 5.73 Å². The van der Waals surface area contributed by atoms with Crippen LogP contribution in [-0.4, -0.2) is 29.6 Å². The van der Waals surface area contributed by atoms with E-state index in [9.17, 15) is 14.7 Å². The van der Waals surface area contributed by atoms with Crippen molar-refractivity contribution in [3.8, 4) is 0 Å². The highest BCUT2D eigenvalue weighted by atomic mass is 16.4.